The molecule has 0 amide bonds. The Morgan fingerprint density at radius 2 is 2.13 bits per heavy atom. The SMILES string of the molecule is Cc1cn(C(C)C(=O)OC(C)(C)C)cn1. The molecule has 0 saturated carbocycles. The molecule has 1 atom stereocenters. The van der Waals surface area contributed by atoms with Crippen LogP contribution < -0.4 is 0 Å². The molecule has 1 unspecified atom stereocenters. The number of hydrogen-bond acceptors (Lipinski definition) is 3. The van der Waals surface area contributed by atoms with Crippen LogP contribution in [0.1, 0.15) is 39.4 Å². The number of aromatic nitrogens is 2. The standard InChI is InChI=1S/C11H18N2O2/c1-8-6-13(7-12-8)9(2)10(14)15-11(3,4)5/h6-7,9H,1-5H3. The van der Waals surface area contributed by atoms with Crippen LogP contribution in [0.15, 0.2) is 12.5 Å². The number of nitrogens with zero attached hydrogens (tertiary/aromatic N) is 2. The van der Waals surface area contributed by atoms with Crippen molar-refractivity contribution in [2.75, 3.05) is 0 Å². The molecule has 4 heteroatoms. The van der Waals surface area contributed by atoms with Crippen molar-refractivity contribution < 1.29 is 9.53 Å². The summed E-state index contributed by atoms with van der Waals surface area (Å²) >= 11 is 0. The van der Waals surface area contributed by atoms with Crippen LogP contribution in [0.25, 0.3) is 0 Å². The predicted molar refractivity (Wildman–Crippen MR) is 57.5 cm³/mol. The summed E-state index contributed by atoms with van der Waals surface area (Å²) < 4.78 is 7.03. The van der Waals surface area contributed by atoms with Gasteiger partial charge in [-0.3, -0.25) is 0 Å². The van der Waals surface area contributed by atoms with Crippen LogP contribution in [0.4, 0.5) is 0 Å². The Bertz CT molecular complexity index is 350. The smallest absolute Gasteiger partial charge is 0.329 e. The minimum Gasteiger partial charge on any atom is -0.458 e. The Kier molecular flexibility index (Phi) is 3.17. The lowest BCUT2D eigenvalue weighted by Crippen LogP contribution is -2.28. The zero-order chi connectivity index (χ0) is 11.6. The maximum absolute atomic E-state index is 11.7. The van der Waals surface area contributed by atoms with E-state index in [9.17, 15) is 4.79 Å². The number of imidazole rings is 1. The van der Waals surface area contributed by atoms with E-state index in [1.807, 2.05) is 33.9 Å². The quantitative estimate of drug-likeness (QED) is 0.702. The Balaban J connectivity index is 2.69. The van der Waals surface area contributed by atoms with Crippen molar-refractivity contribution in [2.45, 2.75) is 46.3 Å². The highest BCUT2D eigenvalue weighted by Crippen LogP contribution is 2.14. The van der Waals surface area contributed by atoms with E-state index in [1.165, 1.54) is 0 Å². The Labute approximate surface area is 90.3 Å². The molecule has 1 heterocycles. The zero-order valence-electron chi connectivity index (χ0n) is 9.94. The lowest BCUT2D eigenvalue weighted by atomic mass is 10.2. The summed E-state index contributed by atoms with van der Waals surface area (Å²) in [7, 11) is 0. The van der Waals surface area contributed by atoms with E-state index in [2.05, 4.69) is 4.98 Å². The van der Waals surface area contributed by atoms with E-state index < -0.39 is 5.60 Å². The first-order valence-electron chi connectivity index (χ1n) is 5.02. The fourth-order valence-electron chi connectivity index (χ4n) is 1.16. The fourth-order valence-corrected chi connectivity index (χ4v) is 1.16. The molecular weight excluding hydrogens is 192 g/mol. The molecule has 1 aromatic rings. The molecule has 0 aliphatic rings. The summed E-state index contributed by atoms with van der Waals surface area (Å²) in [6.45, 7) is 9.26. The molecule has 0 aliphatic heterocycles. The van der Waals surface area contributed by atoms with Crippen LogP contribution in [0, 0.1) is 6.92 Å². The van der Waals surface area contributed by atoms with Crippen molar-refractivity contribution in [1.82, 2.24) is 9.55 Å². The van der Waals surface area contributed by atoms with E-state index in [4.69, 9.17) is 4.74 Å². The second kappa shape index (κ2) is 4.04. The van der Waals surface area contributed by atoms with Gasteiger partial charge in [-0.15, -0.1) is 0 Å². The van der Waals surface area contributed by atoms with Gasteiger partial charge in [-0.25, -0.2) is 9.78 Å². The van der Waals surface area contributed by atoms with Gasteiger partial charge in [-0.2, -0.15) is 0 Å². The summed E-state index contributed by atoms with van der Waals surface area (Å²) in [4.78, 5) is 15.8. The van der Waals surface area contributed by atoms with Crippen LogP contribution in [0.2, 0.25) is 0 Å². The third-order valence-corrected chi connectivity index (χ3v) is 1.93. The molecule has 0 aliphatic carbocycles. The topological polar surface area (TPSA) is 44.1 Å². The molecule has 0 saturated heterocycles. The van der Waals surface area contributed by atoms with Crippen molar-refractivity contribution in [1.29, 1.82) is 0 Å². The van der Waals surface area contributed by atoms with Crippen LogP contribution in [0.3, 0.4) is 0 Å². The second-order valence-corrected chi connectivity index (χ2v) is 4.67. The number of rotatable bonds is 2. The third-order valence-electron chi connectivity index (χ3n) is 1.93. The van der Waals surface area contributed by atoms with Gasteiger partial charge >= 0.3 is 5.97 Å². The van der Waals surface area contributed by atoms with Crippen molar-refractivity contribution in [3.63, 3.8) is 0 Å². The minimum absolute atomic E-state index is 0.236. The first kappa shape index (κ1) is 11.8. The molecule has 0 fully saturated rings. The van der Waals surface area contributed by atoms with E-state index in [0.29, 0.717) is 0 Å². The van der Waals surface area contributed by atoms with E-state index >= 15 is 0 Å². The Morgan fingerprint density at radius 1 is 1.53 bits per heavy atom. The van der Waals surface area contributed by atoms with Gasteiger partial charge in [0, 0.05) is 6.20 Å². The number of aryl methyl sites for hydroxylation is 1. The highest BCUT2D eigenvalue weighted by atomic mass is 16.6. The van der Waals surface area contributed by atoms with Crippen molar-refractivity contribution in [3.05, 3.63) is 18.2 Å². The molecular formula is C11H18N2O2. The molecule has 1 aromatic heterocycles. The van der Waals surface area contributed by atoms with Crippen LogP contribution >= 0.6 is 0 Å². The van der Waals surface area contributed by atoms with Gasteiger partial charge in [0.05, 0.1) is 12.0 Å². The maximum Gasteiger partial charge on any atom is 0.329 e. The monoisotopic (exact) mass is 210 g/mol. The highest BCUT2D eigenvalue weighted by Gasteiger charge is 2.22. The summed E-state index contributed by atoms with van der Waals surface area (Å²) in [5, 5.41) is 0. The predicted octanol–water partition coefficient (Wildman–Crippen LogP) is 2.09. The van der Waals surface area contributed by atoms with Crippen molar-refractivity contribution >= 4 is 5.97 Å². The van der Waals surface area contributed by atoms with Gasteiger partial charge in [0.15, 0.2) is 0 Å². The highest BCUT2D eigenvalue weighted by molar-refractivity contribution is 5.74. The van der Waals surface area contributed by atoms with Gasteiger partial charge in [0.2, 0.25) is 0 Å². The van der Waals surface area contributed by atoms with Gasteiger partial charge in [0.1, 0.15) is 11.6 Å². The average molecular weight is 210 g/mol. The lowest BCUT2D eigenvalue weighted by Gasteiger charge is -2.22. The van der Waals surface area contributed by atoms with E-state index in [0.717, 1.165) is 5.69 Å². The normalized spacial score (nSPS) is 13.7. The molecule has 84 valence electrons. The van der Waals surface area contributed by atoms with Gasteiger partial charge < -0.3 is 9.30 Å². The van der Waals surface area contributed by atoms with Gasteiger partial charge in [0.25, 0.3) is 0 Å². The Morgan fingerprint density at radius 3 is 2.53 bits per heavy atom. The minimum atomic E-state index is -0.443. The summed E-state index contributed by atoms with van der Waals surface area (Å²) in [6, 6.07) is -0.328. The largest absolute Gasteiger partial charge is 0.458 e. The van der Waals surface area contributed by atoms with Crippen LogP contribution in [-0.2, 0) is 9.53 Å². The lowest BCUT2D eigenvalue weighted by molar-refractivity contribution is -0.158. The number of carbonyl (C=O) groups is 1. The summed E-state index contributed by atoms with van der Waals surface area (Å²) in [6.07, 6.45) is 3.47. The molecule has 0 radical (unpaired) electrons. The van der Waals surface area contributed by atoms with Crippen molar-refractivity contribution in [2.24, 2.45) is 0 Å². The molecule has 1 rings (SSSR count). The second-order valence-electron chi connectivity index (χ2n) is 4.67. The number of esters is 1. The number of ether oxygens (including phenoxy) is 1. The number of carbonyl (C=O) groups excluding carboxylic acids is 1. The van der Waals surface area contributed by atoms with Gasteiger partial charge in [-0.1, -0.05) is 0 Å². The third kappa shape index (κ3) is 3.38. The Hall–Kier alpha value is -1.32. The van der Waals surface area contributed by atoms with Gasteiger partial charge in [-0.05, 0) is 34.6 Å². The fraction of sp³-hybridized carbons (Fsp3) is 0.636. The molecule has 4 nitrogen and oxygen atoms in total. The molecule has 0 bridgehead atoms. The first-order valence-corrected chi connectivity index (χ1v) is 5.02. The zero-order valence-corrected chi connectivity index (χ0v) is 9.94. The van der Waals surface area contributed by atoms with E-state index in [1.54, 1.807) is 17.8 Å². The average Bonchev–Trinajstić information content (AvgIpc) is 2.47. The summed E-state index contributed by atoms with van der Waals surface area (Å²) in [5.41, 5.74) is 0.450. The molecule has 0 N–H and O–H groups in total. The van der Waals surface area contributed by atoms with E-state index in [-0.39, 0.29) is 12.0 Å². The molecule has 15 heavy (non-hydrogen) atoms. The van der Waals surface area contributed by atoms with Crippen molar-refractivity contribution in [3.8, 4) is 0 Å². The molecule has 0 spiro atoms. The maximum atomic E-state index is 11.7. The van der Waals surface area contributed by atoms with Crippen LogP contribution in [-0.4, -0.2) is 21.1 Å². The summed E-state index contributed by atoms with van der Waals surface area (Å²) in [5.74, 6) is -0.236. The molecule has 0 aromatic carbocycles. The first-order chi connectivity index (χ1) is 6.79. The van der Waals surface area contributed by atoms with Crippen LogP contribution in [0.5, 0.6) is 0 Å². The number of hydrogen-bond donors (Lipinski definition) is 0.